The van der Waals surface area contributed by atoms with Gasteiger partial charge in [-0.15, -0.1) is 0 Å². The summed E-state index contributed by atoms with van der Waals surface area (Å²) < 4.78 is 32.6. The number of allylic oxidation sites excluding steroid dienone is 14. The molecule has 0 saturated carbocycles. The van der Waals surface area contributed by atoms with Crippen molar-refractivity contribution in [2.24, 2.45) is 5.73 Å². The zero-order valence-corrected chi connectivity index (χ0v) is 35.3. The smallest absolute Gasteiger partial charge is 0.462 e. The van der Waals surface area contributed by atoms with E-state index in [4.69, 9.17) is 24.3 Å². The number of hydrogen-bond donors (Lipinski definition) is 3. The number of rotatable bonds is 37. The lowest BCUT2D eigenvalue weighted by molar-refractivity contribution is -0.161. The van der Waals surface area contributed by atoms with Gasteiger partial charge in [0.15, 0.2) is 6.10 Å². The number of aliphatic hydroxyl groups excluding tert-OH is 1. The highest BCUT2D eigenvalue weighted by Gasteiger charge is 2.25. The number of ether oxygens (including phenoxy) is 2. The van der Waals surface area contributed by atoms with Crippen molar-refractivity contribution in [3.05, 3.63) is 97.2 Å². The van der Waals surface area contributed by atoms with Crippen LogP contribution < -0.4 is 5.73 Å². The fourth-order valence-corrected chi connectivity index (χ4v) is 5.70. The van der Waals surface area contributed by atoms with Crippen LogP contribution in [-0.4, -0.2) is 60.5 Å². The highest BCUT2D eigenvalue weighted by molar-refractivity contribution is 7.47. The minimum absolute atomic E-state index is 0.0297. The van der Waals surface area contributed by atoms with E-state index in [1.165, 1.54) is 25.7 Å². The highest BCUT2D eigenvalue weighted by atomic mass is 31.2. The molecule has 0 radical (unpaired) electrons. The average Bonchev–Trinajstić information content (AvgIpc) is 3.18. The van der Waals surface area contributed by atoms with E-state index in [1.54, 1.807) is 0 Å². The molecule has 0 rings (SSSR count). The van der Waals surface area contributed by atoms with Crippen LogP contribution in [-0.2, 0) is 32.7 Å². The van der Waals surface area contributed by atoms with Gasteiger partial charge in [-0.3, -0.25) is 18.6 Å². The number of carbonyl (C=O) groups excluding carboxylic acids is 2. The molecule has 0 aliphatic heterocycles. The number of phosphoric acid groups is 1. The van der Waals surface area contributed by atoms with E-state index >= 15 is 0 Å². The minimum Gasteiger partial charge on any atom is -0.462 e. The summed E-state index contributed by atoms with van der Waals surface area (Å²) in [5.41, 5.74) is 5.33. The van der Waals surface area contributed by atoms with Crippen molar-refractivity contribution in [1.29, 1.82) is 0 Å². The molecular formula is C45H74NO9P. The van der Waals surface area contributed by atoms with Gasteiger partial charge >= 0.3 is 19.8 Å². The summed E-state index contributed by atoms with van der Waals surface area (Å²) in [5.74, 6) is -0.958. The maximum absolute atomic E-state index is 12.6. The van der Waals surface area contributed by atoms with Gasteiger partial charge in [0.1, 0.15) is 6.61 Å². The lowest BCUT2D eigenvalue weighted by Crippen LogP contribution is -2.29. The Hall–Kier alpha value is -3.11. The molecule has 4 N–H and O–H groups in total. The molecule has 0 saturated heterocycles. The zero-order valence-electron chi connectivity index (χ0n) is 34.4. The predicted octanol–water partition coefficient (Wildman–Crippen LogP) is 10.8. The van der Waals surface area contributed by atoms with Crippen molar-refractivity contribution in [3.8, 4) is 0 Å². The quantitative estimate of drug-likeness (QED) is 0.0182. The number of aliphatic hydroxyl groups is 1. The van der Waals surface area contributed by atoms with E-state index in [2.05, 4.69) is 55.5 Å². The average molecular weight is 804 g/mol. The third-order valence-corrected chi connectivity index (χ3v) is 9.01. The van der Waals surface area contributed by atoms with E-state index in [9.17, 15) is 24.2 Å². The van der Waals surface area contributed by atoms with Crippen molar-refractivity contribution >= 4 is 19.8 Å². The van der Waals surface area contributed by atoms with Crippen LogP contribution in [0.4, 0.5) is 0 Å². The van der Waals surface area contributed by atoms with Crippen molar-refractivity contribution < 1.29 is 42.7 Å². The molecule has 0 fully saturated rings. The Morgan fingerprint density at radius 1 is 0.643 bits per heavy atom. The molecule has 0 aliphatic carbocycles. The molecule has 56 heavy (non-hydrogen) atoms. The molecule has 0 aromatic carbocycles. The molecule has 0 aliphatic rings. The Bertz CT molecular complexity index is 1250. The summed E-state index contributed by atoms with van der Waals surface area (Å²) >= 11 is 0. The van der Waals surface area contributed by atoms with Crippen molar-refractivity contribution in [1.82, 2.24) is 0 Å². The standard InChI is InChI=1S/C45H74NO9P/c1-3-5-7-8-9-10-11-12-13-14-15-16-21-24-27-30-33-37-45(49)55-43(41-54-56(50,51)53-39-38-46)40-52-44(48)36-32-29-26-23-20-18-17-19-22-25-28-31-35-42(47)34-6-4-2/h6,9-10,12-13,15-18,22-23,25-26,28,31,34,42-43,47H,3-5,7-8,11,14,19-21,24,27,29-30,32-33,35-41,46H2,1-2H3,(H,50,51)/b10-9-,13-12-,16-15-,18-17-,25-22-,26-23-,31-28+,34-6-/t42?,43-/m1/s1. The first-order valence-electron chi connectivity index (χ1n) is 20.8. The molecule has 10 nitrogen and oxygen atoms in total. The van der Waals surface area contributed by atoms with Crippen molar-refractivity contribution in [2.75, 3.05) is 26.4 Å². The van der Waals surface area contributed by atoms with Crippen molar-refractivity contribution in [2.45, 2.75) is 148 Å². The Morgan fingerprint density at radius 3 is 1.82 bits per heavy atom. The molecule has 0 amide bonds. The minimum atomic E-state index is -4.41. The Balaban J connectivity index is 4.38. The van der Waals surface area contributed by atoms with Crippen LogP contribution in [0.5, 0.6) is 0 Å². The van der Waals surface area contributed by atoms with E-state index in [1.807, 2.05) is 55.5 Å². The predicted molar refractivity (Wildman–Crippen MR) is 230 cm³/mol. The number of unbranched alkanes of at least 4 members (excludes halogenated alkanes) is 8. The van der Waals surface area contributed by atoms with Gasteiger partial charge in [-0.2, -0.15) is 0 Å². The summed E-state index contributed by atoms with van der Waals surface area (Å²) in [5, 5.41) is 9.75. The fourth-order valence-electron chi connectivity index (χ4n) is 4.93. The van der Waals surface area contributed by atoms with Gasteiger partial charge in [0.05, 0.1) is 19.3 Å². The van der Waals surface area contributed by atoms with Crippen LogP contribution in [0, 0.1) is 0 Å². The van der Waals surface area contributed by atoms with Crippen LogP contribution in [0.2, 0.25) is 0 Å². The molecule has 2 unspecified atom stereocenters. The van der Waals surface area contributed by atoms with Gasteiger partial charge in [-0.05, 0) is 83.5 Å². The monoisotopic (exact) mass is 804 g/mol. The van der Waals surface area contributed by atoms with Crippen LogP contribution in [0.3, 0.4) is 0 Å². The van der Waals surface area contributed by atoms with Crippen LogP contribution in [0.1, 0.15) is 136 Å². The number of phosphoric ester groups is 1. The normalized spacial score (nSPS) is 14.9. The number of esters is 2. The van der Waals surface area contributed by atoms with E-state index < -0.39 is 38.6 Å². The first-order valence-corrected chi connectivity index (χ1v) is 22.3. The van der Waals surface area contributed by atoms with Gasteiger partial charge in [-0.1, -0.05) is 137 Å². The third-order valence-electron chi connectivity index (χ3n) is 8.03. The van der Waals surface area contributed by atoms with E-state index in [0.29, 0.717) is 25.7 Å². The maximum atomic E-state index is 12.6. The molecule has 0 aromatic heterocycles. The molecule has 3 atom stereocenters. The third kappa shape index (κ3) is 39.1. The van der Waals surface area contributed by atoms with Gasteiger partial charge in [-0.25, -0.2) is 4.57 Å². The molecule has 11 heteroatoms. The zero-order chi connectivity index (χ0) is 41.2. The number of nitrogens with two attached hydrogens (primary N) is 1. The Labute approximate surface area is 339 Å². The van der Waals surface area contributed by atoms with E-state index in [-0.39, 0.29) is 32.6 Å². The molecular weight excluding hydrogens is 729 g/mol. The van der Waals surface area contributed by atoms with Crippen LogP contribution in [0.25, 0.3) is 0 Å². The van der Waals surface area contributed by atoms with Crippen LogP contribution >= 0.6 is 7.82 Å². The molecule has 0 aromatic rings. The topological polar surface area (TPSA) is 155 Å². The van der Waals surface area contributed by atoms with Gasteiger partial charge in [0.25, 0.3) is 0 Å². The van der Waals surface area contributed by atoms with Gasteiger partial charge < -0.3 is 25.2 Å². The number of hydrogen-bond acceptors (Lipinski definition) is 9. The maximum Gasteiger partial charge on any atom is 0.472 e. The summed E-state index contributed by atoms with van der Waals surface area (Å²) in [4.78, 5) is 34.8. The van der Waals surface area contributed by atoms with Gasteiger partial charge in [0, 0.05) is 19.4 Å². The molecule has 318 valence electrons. The first kappa shape index (κ1) is 52.9. The Kier molecular flexibility index (Phi) is 37.9. The second kappa shape index (κ2) is 40.1. The molecule has 0 spiro atoms. The van der Waals surface area contributed by atoms with Gasteiger partial charge in [0.2, 0.25) is 0 Å². The fraction of sp³-hybridized carbons (Fsp3) is 0.600. The van der Waals surface area contributed by atoms with E-state index in [0.717, 1.165) is 57.8 Å². The summed E-state index contributed by atoms with van der Waals surface area (Å²) in [6.07, 6.45) is 47.8. The second-order valence-corrected chi connectivity index (χ2v) is 14.8. The lowest BCUT2D eigenvalue weighted by atomic mass is 10.1. The number of carbonyl (C=O) groups is 2. The second-order valence-electron chi connectivity index (χ2n) is 13.3. The Morgan fingerprint density at radius 2 is 1.20 bits per heavy atom. The summed E-state index contributed by atoms with van der Waals surface area (Å²) in [6.45, 7) is 3.33. The lowest BCUT2D eigenvalue weighted by Gasteiger charge is -2.19. The first-order chi connectivity index (χ1) is 27.2. The highest BCUT2D eigenvalue weighted by Crippen LogP contribution is 2.43. The molecule has 0 bridgehead atoms. The summed E-state index contributed by atoms with van der Waals surface area (Å²) in [7, 11) is -4.41. The summed E-state index contributed by atoms with van der Waals surface area (Å²) in [6, 6.07) is 0. The van der Waals surface area contributed by atoms with Crippen molar-refractivity contribution in [3.63, 3.8) is 0 Å². The largest absolute Gasteiger partial charge is 0.472 e. The molecule has 0 heterocycles. The SMILES string of the molecule is CC/C=C\C(O)C/C=C/C=C\C/C=C\C/C=C\CCCC(=O)OC[C@H](COP(=O)(O)OCCN)OC(=O)CCCCCC/C=C\C/C=C\C/C=C\CCCCC. The van der Waals surface area contributed by atoms with Crippen LogP contribution in [0.15, 0.2) is 97.2 Å².